The zero-order valence-corrected chi connectivity index (χ0v) is 11.0. The molecular formula is C14H15N3O3. The highest BCUT2D eigenvalue weighted by Gasteiger charge is 2.33. The lowest BCUT2D eigenvalue weighted by Crippen LogP contribution is -2.45. The van der Waals surface area contributed by atoms with Gasteiger partial charge in [-0.25, -0.2) is 4.98 Å². The van der Waals surface area contributed by atoms with Crippen LogP contribution in [0.1, 0.15) is 23.0 Å². The first kappa shape index (κ1) is 12.7. The molecule has 6 nitrogen and oxygen atoms in total. The van der Waals surface area contributed by atoms with Gasteiger partial charge in [0.1, 0.15) is 11.8 Å². The molecule has 6 heteroatoms. The number of rotatable bonds is 3. The summed E-state index contributed by atoms with van der Waals surface area (Å²) >= 11 is 0. The first-order chi connectivity index (χ1) is 9.69. The Morgan fingerprint density at radius 3 is 3.10 bits per heavy atom. The van der Waals surface area contributed by atoms with Gasteiger partial charge in [0.2, 0.25) is 0 Å². The van der Waals surface area contributed by atoms with Crippen molar-refractivity contribution in [1.82, 2.24) is 15.3 Å². The number of nitrogens with one attached hydrogen (secondary N) is 2. The third-order valence-electron chi connectivity index (χ3n) is 3.53. The minimum atomic E-state index is -0.863. The predicted molar refractivity (Wildman–Crippen MR) is 71.7 cm³/mol. The molecule has 0 aliphatic carbocycles. The number of H-pyrrole nitrogens is 1. The number of nitrogens with zero attached hydrogens (tertiary/aromatic N) is 1. The van der Waals surface area contributed by atoms with Crippen molar-refractivity contribution < 1.29 is 14.6 Å². The van der Waals surface area contributed by atoms with Crippen molar-refractivity contribution >= 4 is 5.97 Å². The summed E-state index contributed by atoms with van der Waals surface area (Å²) in [7, 11) is 1.60. The van der Waals surface area contributed by atoms with Crippen LogP contribution in [0.4, 0.5) is 0 Å². The Kier molecular flexibility index (Phi) is 3.15. The second kappa shape index (κ2) is 4.97. The molecule has 3 rings (SSSR count). The van der Waals surface area contributed by atoms with E-state index in [-0.39, 0.29) is 6.04 Å². The second-order valence-electron chi connectivity index (χ2n) is 4.74. The van der Waals surface area contributed by atoms with Crippen LogP contribution < -0.4 is 10.1 Å². The molecule has 1 aliphatic rings. The molecule has 0 saturated heterocycles. The van der Waals surface area contributed by atoms with Gasteiger partial charge in [0.15, 0.2) is 0 Å². The average Bonchev–Trinajstić information content (AvgIpc) is 2.94. The van der Waals surface area contributed by atoms with E-state index in [9.17, 15) is 9.90 Å². The number of aliphatic carboxylic acids is 1. The maximum Gasteiger partial charge on any atom is 0.321 e. The third kappa shape index (κ3) is 2.14. The van der Waals surface area contributed by atoms with Crippen LogP contribution in [0.2, 0.25) is 0 Å². The number of carboxylic acids is 1. The molecule has 0 spiro atoms. The number of aromatic amines is 1. The number of carbonyl (C=O) groups is 1. The molecule has 0 amide bonds. The Morgan fingerprint density at radius 1 is 1.50 bits per heavy atom. The molecule has 0 fully saturated rings. The Hall–Kier alpha value is -2.34. The van der Waals surface area contributed by atoms with Crippen molar-refractivity contribution in [3.05, 3.63) is 47.5 Å². The van der Waals surface area contributed by atoms with Crippen LogP contribution in [0.3, 0.4) is 0 Å². The molecule has 0 bridgehead atoms. The van der Waals surface area contributed by atoms with Crippen LogP contribution in [-0.2, 0) is 11.2 Å². The molecule has 3 N–H and O–H groups in total. The van der Waals surface area contributed by atoms with Gasteiger partial charge in [-0.1, -0.05) is 12.1 Å². The van der Waals surface area contributed by atoms with E-state index in [1.54, 1.807) is 13.4 Å². The summed E-state index contributed by atoms with van der Waals surface area (Å²) in [5.41, 5.74) is 2.64. The van der Waals surface area contributed by atoms with E-state index in [1.165, 1.54) is 0 Å². The summed E-state index contributed by atoms with van der Waals surface area (Å²) in [6, 6.07) is 6.68. The van der Waals surface area contributed by atoms with Gasteiger partial charge in [0, 0.05) is 12.1 Å². The highest BCUT2D eigenvalue weighted by Crippen LogP contribution is 2.30. The normalized spacial score (nSPS) is 21.2. The van der Waals surface area contributed by atoms with Gasteiger partial charge in [-0.2, -0.15) is 0 Å². The first-order valence-electron chi connectivity index (χ1n) is 6.34. The van der Waals surface area contributed by atoms with Gasteiger partial charge in [-0.05, 0) is 17.7 Å². The topological polar surface area (TPSA) is 87.2 Å². The van der Waals surface area contributed by atoms with Gasteiger partial charge in [-0.15, -0.1) is 0 Å². The molecule has 0 unspecified atom stereocenters. The van der Waals surface area contributed by atoms with Gasteiger partial charge < -0.3 is 14.8 Å². The molecule has 2 aromatic rings. The third-order valence-corrected chi connectivity index (χ3v) is 3.53. The van der Waals surface area contributed by atoms with Crippen LogP contribution in [0.5, 0.6) is 5.75 Å². The largest absolute Gasteiger partial charge is 0.497 e. The van der Waals surface area contributed by atoms with E-state index in [0.29, 0.717) is 6.42 Å². The van der Waals surface area contributed by atoms with E-state index < -0.39 is 12.0 Å². The monoisotopic (exact) mass is 273 g/mol. The molecule has 104 valence electrons. The highest BCUT2D eigenvalue weighted by molar-refractivity contribution is 5.74. The van der Waals surface area contributed by atoms with E-state index in [0.717, 1.165) is 22.7 Å². The second-order valence-corrected chi connectivity index (χ2v) is 4.74. The van der Waals surface area contributed by atoms with Crippen LogP contribution in [0.25, 0.3) is 0 Å². The molecule has 1 aromatic heterocycles. The van der Waals surface area contributed by atoms with E-state index in [2.05, 4.69) is 15.3 Å². The lowest BCUT2D eigenvalue weighted by molar-refractivity contribution is -0.139. The maximum atomic E-state index is 11.3. The smallest absolute Gasteiger partial charge is 0.321 e. The van der Waals surface area contributed by atoms with E-state index in [4.69, 9.17) is 4.74 Å². The standard InChI is InChI=1S/C14H15N3O3/c1-20-9-4-2-3-8(5-9)12-13-10(15-7-16-13)6-11(17-12)14(18)19/h2-5,7,11-12,17H,6H2,1H3,(H,15,16)(H,18,19)/t11-,12-/m1/s1. The Bertz CT molecular complexity index is 638. The molecule has 0 saturated carbocycles. The summed E-state index contributed by atoms with van der Waals surface area (Å²) in [5.74, 6) is -0.128. The van der Waals surface area contributed by atoms with Crippen molar-refractivity contribution in [2.75, 3.05) is 7.11 Å². The van der Waals surface area contributed by atoms with Crippen LogP contribution in [-0.4, -0.2) is 34.2 Å². The molecule has 20 heavy (non-hydrogen) atoms. The first-order valence-corrected chi connectivity index (χ1v) is 6.34. The number of hydrogen-bond donors (Lipinski definition) is 3. The van der Waals surface area contributed by atoms with Crippen molar-refractivity contribution in [2.24, 2.45) is 0 Å². The lowest BCUT2D eigenvalue weighted by Gasteiger charge is -2.28. The van der Waals surface area contributed by atoms with Crippen molar-refractivity contribution in [1.29, 1.82) is 0 Å². The minimum Gasteiger partial charge on any atom is -0.497 e. The zero-order chi connectivity index (χ0) is 14.1. The number of benzene rings is 1. The molecular weight excluding hydrogens is 258 g/mol. The van der Waals surface area contributed by atoms with Crippen molar-refractivity contribution in [3.8, 4) is 5.75 Å². The number of ether oxygens (including phenoxy) is 1. The number of aromatic nitrogens is 2. The zero-order valence-electron chi connectivity index (χ0n) is 11.0. The number of imidazole rings is 1. The van der Waals surface area contributed by atoms with Gasteiger partial charge in [-0.3, -0.25) is 10.1 Å². The van der Waals surface area contributed by atoms with Gasteiger partial charge in [0.05, 0.1) is 25.2 Å². The van der Waals surface area contributed by atoms with Gasteiger partial charge in [0.25, 0.3) is 0 Å². The Balaban J connectivity index is 2.01. The molecule has 1 aliphatic heterocycles. The fourth-order valence-electron chi connectivity index (χ4n) is 2.52. The van der Waals surface area contributed by atoms with Crippen LogP contribution in [0, 0.1) is 0 Å². The number of carboxylic acid groups (broad SMARTS) is 1. The summed E-state index contributed by atoms with van der Waals surface area (Å²) in [5, 5.41) is 12.4. The quantitative estimate of drug-likeness (QED) is 0.779. The fraction of sp³-hybridized carbons (Fsp3) is 0.286. The highest BCUT2D eigenvalue weighted by atomic mass is 16.5. The van der Waals surface area contributed by atoms with Crippen LogP contribution >= 0.6 is 0 Å². The SMILES string of the molecule is COc1cccc([C@H]2N[C@@H](C(=O)O)Cc3[nH]cnc32)c1. The molecule has 2 heterocycles. The Labute approximate surface area is 115 Å². The summed E-state index contributed by atoms with van der Waals surface area (Å²) in [6.45, 7) is 0. The molecule has 0 radical (unpaired) electrons. The van der Waals surface area contributed by atoms with E-state index in [1.807, 2.05) is 24.3 Å². The lowest BCUT2D eigenvalue weighted by atomic mass is 9.94. The number of hydrogen-bond acceptors (Lipinski definition) is 4. The molecule has 1 aromatic carbocycles. The summed E-state index contributed by atoms with van der Waals surface area (Å²) in [4.78, 5) is 18.6. The number of fused-ring (bicyclic) bond motifs is 1. The van der Waals surface area contributed by atoms with Crippen molar-refractivity contribution in [3.63, 3.8) is 0 Å². The Morgan fingerprint density at radius 2 is 2.35 bits per heavy atom. The fourth-order valence-corrected chi connectivity index (χ4v) is 2.52. The maximum absolute atomic E-state index is 11.3. The van der Waals surface area contributed by atoms with Gasteiger partial charge >= 0.3 is 5.97 Å². The summed E-state index contributed by atoms with van der Waals surface area (Å²) in [6.07, 6.45) is 2.01. The predicted octanol–water partition coefficient (Wildman–Crippen LogP) is 1.11. The molecule has 2 atom stereocenters. The average molecular weight is 273 g/mol. The van der Waals surface area contributed by atoms with E-state index >= 15 is 0 Å². The summed E-state index contributed by atoms with van der Waals surface area (Å²) < 4.78 is 5.22. The van der Waals surface area contributed by atoms with Crippen molar-refractivity contribution in [2.45, 2.75) is 18.5 Å². The number of methoxy groups -OCH3 is 1. The minimum absolute atomic E-state index is 0.249. The van der Waals surface area contributed by atoms with Crippen LogP contribution in [0.15, 0.2) is 30.6 Å².